The van der Waals surface area contributed by atoms with E-state index in [9.17, 15) is 9.59 Å². The van der Waals surface area contributed by atoms with Crippen LogP contribution in [0.2, 0.25) is 0 Å². The molecule has 6 nitrogen and oxygen atoms in total. The maximum Gasteiger partial charge on any atom is 0.257 e. The normalized spacial score (nSPS) is 19.2. The molecular weight excluding hydrogens is 320 g/mol. The molecule has 0 radical (unpaired) electrons. The molecule has 1 unspecified atom stereocenters. The van der Waals surface area contributed by atoms with Gasteiger partial charge in [0.2, 0.25) is 5.91 Å². The summed E-state index contributed by atoms with van der Waals surface area (Å²) in [5.41, 5.74) is 2.33. The number of piperidine rings is 1. The second kappa shape index (κ2) is 6.63. The Morgan fingerprint density at radius 3 is 2.96 bits per heavy atom. The smallest absolute Gasteiger partial charge is 0.257 e. The summed E-state index contributed by atoms with van der Waals surface area (Å²) in [6, 6.07) is 6.85. The van der Waals surface area contributed by atoms with E-state index in [4.69, 9.17) is 9.15 Å². The molecule has 0 aliphatic carbocycles. The molecule has 1 atom stereocenters. The van der Waals surface area contributed by atoms with Gasteiger partial charge in [-0.15, -0.1) is 0 Å². The first-order valence-electron chi connectivity index (χ1n) is 8.62. The highest BCUT2D eigenvalue weighted by Crippen LogP contribution is 2.28. The van der Waals surface area contributed by atoms with Crippen molar-refractivity contribution in [2.45, 2.75) is 31.7 Å². The minimum absolute atomic E-state index is 0.143. The second-order valence-electron chi connectivity index (χ2n) is 6.43. The first-order chi connectivity index (χ1) is 12.2. The van der Waals surface area contributed by atoms with E-state index in [1.165, 1.54) is 12.5 Å². The van der Waals surface area contributed by atoms with Gasteiger partial charge >= 0.3 is 0 Å². The maximum atomic E-state index is 12.8. The molecule has 0 spiro atoms. The summed E-state index contributed by atoms with van der Waals surface area (Å²) in [5.74, 6) is 0.582. The van der Waals surface area contributed by atoms with Crippen molar-refractivity contribution in [2.75, 3.05) is 18.5 Å². The number of likely N-dealkylation sites (tertiary alicyclic amines) is 1. The van der Waals surface area contributed by atoms with Gasteiger partial charge in [-0.3, -0.25) is 9.59 Å². The molecule has 1 fully saturated rings. The van der Waals surface area contributed by atoms with Crippen LogP contribution in [-0.4, -0.2) is 35.9 Å². The molecule has 130 valence electrons. The van der Waals surface area contributed by atoms with Gasteiger partial charge in [-0.2, -0.15) is 0 Å². The lowest BCUT2D eigenvalue weighted by molar-refractivity contribution is -0.121. The Kier molecular flexibility index (Phi) is 4.17. The zero-order valence-corrected chi connectivity index (χ0v) is 13.9. The van der Waals surface area contributed by atoms with Crippen LogP contribution in [0.25, 0.3) is 0 Å². The number of hydrogen-bond donors (Lipinski definition) is 1. The van der Waals surface area contributed by atoms with Gasteiger partial charge < -0.3 is 19.4 Å². The lowest BCUT2D eigenvalue weighted by Crippen LogP contribution is -2.49. The SMILES string of the molecule is O=C(Nc1ccc2c(c1)CCO2)C1CCCCN1C(=O)c1ccoc1. The fraction of sp³-hybridized carbons (Fsp3) is 0.368. The maximum absolute atomic E-state index is 12.8. The van der Waals surface area contributed by atoms with E-state index in [1.807, 2.05) is 18.2 Å². The Balaban J connectivity index is 1.50. The number of benzene rings is 1. The third-order valence-corrected chi connectivity index (χ3v) is 4.79. The number of hydrogen-bond acceptors (Lipinski definition) is 4. The van der Waals surface area contributed by atoms with Crippen LogP contribution in [0.4, 0.5) is 5.69 Å². The number of carbonyl (C=O) groups is 2. The van der Waals surface area contributed by atoms with E-state index >= 15 is 0 Å². The molecule has 1 aromatic heterocycles. The first-order valence-corrected chi connectivity index (χ1v) is 8.62. The average molecular weight is 340 g/mol. The molecule has 0 bridgehead atoms. The van der Waals surface area contributed by atoms with Crippen molar-refractivity contribution in [1.82, 2.24) is 4.90 Å². The highest BCUT2D eigenvalue weighted by atomic mass is 16.5. The zero-order valence-electron chi connectivity index (χ0n) is 13.9. The van der Waals surface area contributed by atoms with Crippen molar-refractivity contribution in [2.24, 2.45) is 0 Å². The van der Waals surface area contributed by atoms with Gasteiger partial charge in [-0.05, 0) is 49.1 Å². The Morgan fingerprint density at radius 2 is 2.12 bits per heavy atom. The van der Waals surface area contributed by atoms with Gasteiger partial charge in [0, 0.05) is 18.7 Å². The molecule has 6 heteroatoms. The topological polar surface area (TPSA) is 71.8 Å². The molecule has 4 rings (SSSR count). The summed E-state index contributed by atoms with van der Waals surface area (Å²) in [6.07, 6.45) is 6.26. The van der Waals surface area contributed by atoms with Gasteiger partial charge in [0.15, 0.2) is 0 Å². The van der Waals surface area contributed by atoms with Gasteiger partial charge in [0.05, 0.1) is 18.4 Å². The van der Waals surface area contributed by atoms with Crippen molar-refractivity contribution in [3.63, 3.8) is 0 Å². The highest BCUT2D eigenvalue weighted by Gasteiger charge is 2.33. The molecule has 2 aliphatic rings. The monoisotopic (exact) mass is 340 g/mol. The minimum atomic E-state index is -0.458. The number of furan rings is 1. The van der Waals surface area contributed by atoms with Crippen LogP contribution in [0.15, 0.2) is 41.2 Å². The first kappa shape index (κ1) is 15.7. The number of nitrogens with one attached hydrogen (secondary N) is 1. The van der Waals surface area contributed by atoms with Crippen molar-refractivity contribution >= 4 is 17.5 Å². The number of ether oxygens (including phenoxy) is 1. The Hall–Kier alpha value is -2.76. The molecule has 1 N–H and O–H groups in total. The van der Waals surface area contributed by atoms with Gasteiger partial charge in [-0.25, -0.2) is 0 Å². The number of fused-ring (bicyclic) bond motifs is 1. The van der Waals surface area contributed by atoms with Crippen LogP contribution < -0.4 is 10.1 Å². The summed E-state index contributed by atoms with van der Waals surface area (Å²) < 4.78 is 10.5. The van der Waals surface area contributed by atoms with Crippen molar-refractivity contribution in [3.05, 3.63) is 47.9 Å². The lowest BCUT2D eigenvalue weighted by Gasteiger charge is -2.34. The molecule has 3 heterocycles. The van der Waals surface area contributed by atoms with Crippen LogP contribution >= 0.6 is 0 Å². The van der Waals surface area contributed by atoms with Gasteiger partial charge in [0.25, 0.3) is 5.91 Å². The van der Waals surface area contributed by atoms with E-state index in [0.717, 1.165) is 36.3 Å². The van der Waals surface area contributed by atoms with Crippen LogP contribution in [-0.2, 0) is 11.2 Å². The molecule has 0 saturated carbocycles. The van der Waals surface area contributed by atoms with Crippen LogP contribution in [0.1, 0.15) is 35.2 Å². The summed E-state index contributed by atoms with van der Waals surface area (Å²) in [5, 5.41) is 2.96. The number of carbonyl (C=O) groups excluding carboxylic acids is 2. The number of amides is 2. The summed E-state index contributed by atoms with van der Waals surface area (Å²) in [7, 11) is 0. The molecule has 2 aromatic rings. The molecule has 2 aliphatic heterocycles. The van der Waals surface area contributed by atoms with Crippen LogP contribution in [0.3, 0.4) is 0 Å². The predicted molar refractivity (Wildman–Crippen MR) is 91.7 cm³/mol. The van der Waals surface area contributed by atoms with Gasteiger partial charge in [0.1, 0.15) is 18.1 Å². The van der Waals surface area contributed by atoms with E-state index in [0.29, 0.717) is 25.1 Å². The number of nitrogens with zero attached hydrogens (tertiary/aromatic N) is 1. The van der Waals surface area contributed by atoms with Crippen LogP contribution in [0.5, 0.6) is 5.75 Å². The zero-order chi connectivity index (χ0) is 17.2. The van der Waals surface area contributed by atoms with E-state index in [2.05, 4.69) is 5.32 Å². The molecule has 2 amide bonds. The molecule has 1 aromatic carbocycles. The molecular formula is C19H20N2O4. The minimum Gasteiger partial charge on any atom is -0.493 e. The molecule has 25 heavy (non-hydrogen) atoms. The van der Waals surface area contributed by atoms with Crippen molar-refractivity contribution in [3.8, 4) is 5.75 Å². The second-order valence-corrected chi connectivity index (χ2v) is 6.43. The Labute approximate surface area is 145 Å². The molecule has 1 saturated heterocycles. The fourth-order valence-electron chi connectivity index (χ4n) is 3.49. The summed E-state index contributed by atoms with van der Waals surface area (Å²) in [6.45, 7) is 1.27. The highest BCUT2D eigenvalue weighted by molar-refractivity contribution is 6.01. The van der Waals surface area contributed by atoms with Gasteiger partial charge in [-0.1, -0.05) is 0 Å². The Bertz CT molecular complexity index is 785. The van der Waals surface area contributed by atoms with Crippen LogP contribution in [0, 0.1) is 0 Å². The van der Waals surface area contributed by atoms with E-state index in [1.54, 1.807) is 11.0 Å². The quantitative estimate of drug-likeness (QED) is 0.932. The number of anilines is 1. The fourth-order valence-corrected chi connectivity index (χ4v) is 3.49. The third kappa shape index (κ3) is 3.12. The van der Waals surface area contributed by atoms with Crippen molar-refractivity contribution in [1.29, 1.82) is 0 Å². The standard InChI is InChI=1S/C19H20N2O4/c22-18(20-15-4-5-17-13(11-15)7-10-25-17)16-3-1-2-8-21(16)19(23)14-6-9-24-12-14/h4-6,9,11-12,16H,1-3,7-8,10H2,(H,20,22). The third-order valence-electron chi connectivity index (χ3n) is 4.79. The summed E-state index contributed by atoms with van der Waals surface area (Å²) >= 11 is 0. The Morgan fingerprint density at radius 1 is 1.20 bits per heavy atom. The number of rotatable bonds is 3. The summed E-state index contributed by atoms with van der Waals surface area (Å²) in [4.78, 5) is 27.1. The lowest BCUT2D eigenvalue weighted by atomic mass is 10.00. The predicted octanol–water partition coefficient (Wildman–Crippen LogP) is 2.85. The average Bonchev–Trinajstić information content (AvgIpc) is 3.32. The van der Waals surface area contributed by atoms with E-state index in [-0.39, 0.29) is 11.8 Å². The van der Waals surface area contributed by atoms with Crippen molar-refractivity contribution < 1.29 is 18.7 Å². The van der Waals surface area contributed by atoms with E-state index < -0.39 is 6.04 Å². The largest absolute Gasteiger partial charge is 0.493 e.